The lowest BCUT2D eigenvalue weighted by molar-refractivity contribution is -0.136. The van der Waals surface area contributed by atoms with E-state index in [1.165, 1.54) is 4.90 Å². The van der Waals surface area contributed by atoms with Crippen LogP contribution in [0.25, 0.3) is 0 Å². The van der Waals surface area contributed by atoms with Crippen molar-refractivity contribution in [1.29, 1.82) is 0 Å². The van der Waals surface area contributed by atoms with Gasteiger partial charge in [-0.2, -0.15) is 0 Å². The molecule has 142 valence electrons. The number of hydrogen-bond donors (Lipinski definition) is 4. The zero-order chi connectivity index (χ0) is 18.2. The van der Waals surface area contributed by atoms with Crippen LogP contribution in [-0.2, 0) is 14.4 Å². The van der Waals surface area contributed by atoms with Crippen LogP contribution in [0.3, 0.4) is 0 Å². The lowest BCUT2D eigenvalue weighted by Gasteiger charge is -2.25. The molecule has 8 nitrogen and oxygen atoms in total. The summed E-state index contributed by atoms with van der Waals surface area (Å²) in [6.45, 7) is 5.21. The third-order valence-corrected chi connectivity index (χ3v) is 3.41. The summed E-state index contributed by atoms with van der Waals surface area (Å²) in [5.74, 6) is -1.50. The van der Waals surface area contributed by atoms with Crippen LogP contribution in [0.5, 0.6) is 0 Å². The standard InChI is InChI=1S/C15H30N4O4.ClH/c1-6-7-10(16)13(21)14(22)17-8-11(20)18-12(9(2)3)15(23)19(4)5;/h9-10,12-13,21H,6-8,16H2,1-5H3,(H,17,22)(H,18,20);1H/t10-,12?,13?;/m0./s1. The van der Waals surface area contributed by atoms with Crippen LogP contribution in [0.1, 0.15) is 33.6 Å². The molecule has 3 amide bonds. The van der Waals surface area contributed by atoms with Crippen molar-refractivity contribution < 1.29 is 19.5 Å². The number of carbonyl (C=O) groups is 3. The van der Waals surface area contributed by atoms with Crippen molar-refractivity contribution in [3.63, 3.8) is 0 Å². The fourth-order valence-corrected chi connectivity index (χ4v) is 1.97. The van der Waals surface area contributed by atoms with Gasteiger partial charge >= 0.3 is 0 Å². The SMILES string of the molecule is CCC[C@H](N)C(O)C(=O)NCC(=O)NC(C(=O)N(C)C)C(C)C.Cl. The fourth-order valence-electron chi connectivity index (χ4n) is 1.97. The Morgan fingerprint density at radius 2 is 1.75 bits per heavy atom. The monoisotopic (exact) mass is 366 g/mol. The van der Waals surface area contributed by atoms with Gasteiger partial charge in [-0.3, -0.25) is 14.4 Å². The summed E-state index contributed by atoms with van der Waals surface area (Å²) in [4.78, 5) is 37.0. The van der Waals surface area contributed by atoms with E-state index in [9.17, 15) is 19.5 Å². The number of nitrogens with two attached hydrogens (primary N) is 1. The second kappa shape index (κ2) is 12.0. The number of nitrogens with zero attached hydrogens (tertiary/aromatic N) is 1. The Hall–Kier alpha value is -1.38. The number of carbonyl (C=O) groups excluding carboxylic acids is 3. The molecule has 0 spiro atoms. The maximum atomic E-state index is 12.0. The molecule has 0 bridgehead atoms. The first-order chi connectivity index (χ1) is 10.6. The van der Waals surface area contributed by atoms with Crippen molar-refractivity contribution in [3.8, 4) is 0 Å². The van der Waals surface area contributed by atoms with Crippen LogP contribution in [0.4, 0.5) is 0 Å². The molecule has 0 aliphatic carbocycles. The average molecular weight is 367 g/mol. The molecule has 9 heteroatoms. The van der Waals surface area contributed by atoms with Crippen molar-refractivity contribution in [1.82, 2.24) is 15.5 Å². The van der Waals surface area contributed by atoms with Gasteiger partial charge in [0.2, 0.25) is 11.8 Å². The molecular weight excluding hydrogens is 336 g/mol. The molecule has 0 saturated carbocycles. The number of rotatable bonds is 9. The number of aliphatic hydroxyl groups excluding tert-OH is 1. The molecular formula is C15H31ClN4O4. The van der Waals surface area contributed by atoms with Crippen LogP contribution in [0, 0.1) is 5.92 Å². The van der Waals surface area contributed by atoms with Crippen molar-refractivity contribution in [2.75, 3.05) is 20.6 Å². The molecule has 0 aliphatic rings. The van der Waals surface area contributed by atoms with Gasteiger partial charge in [0.1, 0.15) is 12.1 Å². The van der Waals surface area contributed by atoms with Gasteiger partial charge in [-0.25, -0.2) is 0 Å². The molecule has 2 unspecified atom stereocenters. The van der Waals surface area contributed by atoms with Gasteiger partial charge in [0.25, 0.3) is 5.91 Å². The van der Waals surface area contributed by atoms with Crippen LogP contribution < -0.4 is 16.4 Å². The Balaban J connectivity index is 0. The van der Waals surface area contributed by atoms with Crippen molar-refractivity contribution >= 4 is 30.1 Å². The molecule has 0 heterocycles. The Bertz CT molecular complexity index is 418. The smallest absolute Gasteiger partial charge is 0.250 e. The van der Waals surface area contributed by atoms with Gasteiger partial charge in [-0.1, -0.05) is 27.2 Å². The van der Waals surface area contributed by atoms with Gasteiger partial charge in [-0.15, -0.1) is 12.4 Å². The minimum absolute atomic E-state index is 0. The summed E-state index contributed by atoms with van der Waals surface area (Å²) in [6.07, 6.45) is -0.102. The van der Waals surface area contributed by atoms with E-state index >= 15 is 0 Å². The average Bonchev–Trinajstić information content (AvgIpc) is 2.48. The highest BCUT2D eigenvalue weighted by atomic mass is 35.5. The normalized spacial score (nSPS) is 14.2. The molecule has 0 aromatic heterocycles. The minimum atomic E-state index is -1.35. The van der Waals surface area contributed by atoms with Crippen LogP contribution in [-0.4, -0.2) is 66.6 Å². The molecule has 0 rings (SSSR count). The number of aliphatic hydroxyl groups is 1. The second-order valence-electron chi connectivity index (χ2n) is 6.14. The fraction of sp³-hybridized carbons (Fsp3) is 0.800. The second-order valence-corrected chi connectivity index (χ2v) is 6.14. The highest BCUT2D eigenvalue weighted by Crippen LogP contribution is 2.04. The lowest BCUT2D eigenvalue weighted by atomic mass is 10.0. The van der Waals surface area contributed by atoms with E-state index in [1.807, 2.05) is 20.8 Å². The molecule has 3 atom stereocenters. The largest absolute Gasteiger partial charge is 0.382 e. The number of halogens is 1. The third kappa shape index (κ3) is 8.47. The molecule has 0 radical (unpaired) electrons. The first-order valence-electron chi connectivity index (χ1n) is 7.83. The van der Waals surface area contributed by atoms with Crippen molar-refractivity contribution in [2.45, 2.75) is 51.8 Å². The maximum Gasteiger partial charge on any atom is 0.250 e. The minimum Gasteiger partial charge on any atom is -0.382 e. The van der Waals surface area contributed by atoms with E-state index in [2.05, 4.69) is 10.6 Å². The molecule has 0 fully saturated rings. The first-order valence-corrected chi connectivity index (χ1v) is 7.83. The Morgan fingerprint density at radius 1 is 1.21 bits per heavy atom. The van der Waals surface area contributed by atoms with Crippen molar-refractivity contribution in [2.24, 2.45) is 11.7 Å². The Kier molecular flexibility index (Phi) is 12.5. The predicted molar refractivity (Wildman–Crippen MR) is 94.6 cm³/mol. The summed E-state index contributed by atoms with van der Waals surface area (Å²) >= 11 is 0. The van der Waals surface area contributed by atoms with Crippen molar-refractivity contribution in [3.05, 3.63) is 0 Å². The van der Waals surface area contributed by atoms with Gasteiger partial charge in [-0.05, 0) is 12.3 Å². The molecule has 5 N–H and O–H groups in total. The molecule has 24 heavy (non-hydrogen) atoms. The zero-order valence-corrected chi connectivity index (χ0v) is 15.9. The number of likely N-dealkylation sites (N-methyl/N-ethyl adjacent to an activating group) is 1. The van der Waals surface area contributed by atoms with Gasteiger partial charge < -0.3 is 26.4 Å². The topological polar surface area (TPSA) is 125 Å². The number of amides is 3. The van der Waals surface area contributed by atoms with E-state index in [4.69, 9.17) is 5.73 Å². The van der Waals surface area contributed by atoms with E-state index in [0.29, 0.717) is 6.42 Å². The Labute approximate surface area is 149 Å². The molecule has 0 aromatic rings. The van der Waals surface area contributed by atoms with E-state index < -0.39 is 30.0 Å². The van der Waals surface area contributed by atoms with Crippen LogP contribution in [0.15, 0.2) is 0 Å². The first kappa shape index (κ1) is 24.9. The maximum absolute atomic E-state index is 12.0. The van der Waals surface area contributed by atoms with Crippen LogP contribution >= 0.6 is 12.4 Å². The quantitative estimate of drug-likeness (QED) is 0.427. The lowest BCUT2D eigenvalue weighted by Crippen LogP contribution is -2.53. The molecule has 0 saturated heterocycles. The van der Waals surface area contributed by atoms with Gasteiger partial charge in [0, 0.05) is 20.1 Å². The highest BCUT2D eigenvalue weighted by Gasteiger charge is 2.26. The van der Waals surface area contributed by atoms with E-state index in [1.54, 1.807) is 14.1 Å². The van der Waals surface area contributed by atoms with Gasteiger partial charge in [0.15, 0.2) is 0 Å². The summed E-state index contributed by atoms with van der Waals surface area (Å²) in [5.41, 5.74) is 5.67. The summed E-state index contributed by atoms with van der Waals surface area (Å²) < 4.78 is 0. The Morgan fingerprint density at radius 3 is 2.17 bits per heavy atom. The molecule has 0 aliphatic heterocycles. The van der Waals surface area contributed by atoms with Crippen LogP contribution in [0.2, 0.25) is 0 Å². The highest BCUT2D eigenvalue weighted by molar-refractivity contribution is 5.91. The van der Waals surface area contributed by atoms with Gasteiger partial charge in [0.05, 0.1) is 6.54 Å². The number of nitrogens with one attached hydrogen (secondary N) is 2. The summed E-state index contributed by atoms with van der Waals surface area (Å²) in [7, 11) is 3.22. The third-order valence-electron chi connectivity index (χ3n) is 3.41. The molecule has 0 aromatic carbocycles. The zero-order valence-electron chi connectivity index (χ0n) is 15.0. The summed E-state index contributed by atoms with van der Waals surface area (Å²) in [5, 5.41) is 14.6. The number of hydrogen-bond acceptors (Lipinski definition) is 5. The van der Waals surface area contributed by atoms with E-state index in [0.717, 1.165) is 6.42 Å². The summed E-state index contributed by atoms with van der Waals surface area (Å²) in [6, 6.07) is -1.33. The van der Waals surface area contributed by atoms with E-state index in [-0.39, 0.29) is 30.8 Å². The predicted octanol–water partition coefficient (Wildman–Crippen LogP) is -0.758.